The summed E-state index contributed by atoms with van der Waals surface area (Å²) in [6.07, 6.45) is 3.25. The smallest absolute Gasteiger partial charge is 0.267 e. The zero-order valence-corrected chi connectivity index (χ0v) is 16.8. The van der Waals surface area contributed by atoms with E-state index in [0.717, 1.165) is 30.7 Å². The maximum Gasteiger partial charge on any atom is 0.267 e. The Labute approximate surface area is 162 Å². The van der Waals surface area contributed by atoms with E-state index in [9.17, 15) is 9.18 Å². The van der Waals surface area contributed by atoms with Gasteiger partial charge in [0, 0.05) is 11.4 Å². The summed E-state index contributed by atoms with van der Waals surface area (Å²) in [4.78, 5) is 17.7. The fraction of sp³-hybridized carbons (Fsp3) is 0.350. The average Bonchev–Trinajstić information content (AvgIpc) is 3.15. The number of aryl methyl sites for hydroxylation is 2. The van der Waals surface area contributed by atoms with E-state index in [1.165, 1.54) is 41.2 Å². The standard InChI is InChI=1S/C20H23FN4OS/c1-5-6-7-17-12(2)24-25(14(17)4)20-22-13(3)18(27-20)19(26)23-16-10-8-15(21)9-11-16/h8-11H,5-7H2,1-4H3,(H,23,26). The van der Waals surface area contributed by atoms with Gasteiger partial charge in [0.15, 0.2) is 0 Å². The molecule has 5 nitrogen and oxygen atoms in total. The summed E-state index contributed by atoms with van der Waals surface area (Å²) >= 11 is 1.31. The highest BCUT2D eigenvalue weighted by molar-refractivity contribution is 7.16. The van der Waals surface area contributed by atoms with Crippen molar-refractivity contribution < 1.29 is 9.18 Å². The van der Waals surface area contributed by atoms with Crippen molar-refractivity contribution in [3.05, 3.63) is 57.6 Å². The lowest BCUT2D eigenvalue weighted by molar-refractivity contribution is 0.103. The third kappa shape index (κ3) is 4.08. The predicted molar refractivity (Wildman–Crippen MR) is 106 cm³/mol. The maximum absolute atomic E-state index is 13.0. The Morgan fingerprint density at radius 1 is 1.19 bits per heavy atom. The van der Waals surface area contributed by atoms with Crippen molar-refractivity contribution in [3.8, 4) is 5.13 Å². The van der Waals surface area contributed by atoms with Crippen molar-refractivity contribution in [1.82, 2.24) is 14.8 Å². The molecule has 0 aliphatic carbocycles. The first-order chi connectivity index (χ1) is 12.9. The molecule has 1 N–H and O–H groups in total. The number of benzene rings is 1. The van der Waals surface area contributed by atoms with Gasteiger partial charge in [-0.2, -0.15) is 5.10 Å². The number of halogens is 1. The molecule has 3 rings (SSSR count). The molecule has 0 saturated heterocycles. The highest BCUT2D eigenvalue weighted by Crippen LogP contribution is 2.26. The lowest BCUT2D eigenvalue weighted by Crippen LogP contribution is -2.11. The molecule has 0 aliphatic heterocycles. The Balaban J connectivity index is 1.86. The van der Waals surface area contributed by atoms with Crippen LogP contribution in [0.15, 0.2) is 24.3 Å². The second-order valence-corrected chi connectivity index (χ2v) is 7.51. The van der Waals surface area contributed by atoms with Crippen molar-refractivity contribution in [2.24, 2.45) is 0 Å². The number of aromatic nitrogens is 3. The van der Waals surface area contributed by atoms with Crippen molar-refractivity contribution in [3.63, 3.8) is 0 Å². The van der Waals surface area contributed by atoms with Gasteiger partial charge in [-0.25, -0.2) is 14.1 Å². The van der Waals surface area contributed by atoms with Crippen LogP contribution in [0.4, 0.5) is 10.1 Å². The first kappa shape index (κ1) is 19.2. The van der Waals surface area contributed by atoms with E-state index in [-0.39, 0.29) is 11.7 Å². The van der Waals surface area contributed by atoms with E-state index in [1.54, 1.807) is 0 Å². The molecular formula is C20H23FN4OS. The molecule has 142 valence electrons. The van der Waals surface area contributed by atoms with E-state index in [0.29, 0.717) is 21.4 Å². The molecule has 0 spiro atoms. The zero-order chi connectivity index (χ0) is 19.6. The normalized spacial score (nSPS) is 11.0. The van der Waals surface area contributed by atoms with E-state index in [2.05, 4.69) is 22.3 Å². The lowest BCUT2D eigenvalue weighted by atomic mass is 10.1. The molecule has 0 saturated carbocycles. The topological polar surface area (TPSA) is 59.8 Å². The van der Waals surface area contributed by atoms with Gasteiger partial charge in [0.1, 0.15) is 10.7 Å². The number of rotatable bonds is 6. The number of nitrogens with one attached hydrogen (secondary N) is 1. The van der Waals surface area contributed by atoms with Crippen molar-refractivity contribution in [1.29, 1.82) is 0 Å². The molecule has 1 aromatic carbocycles. The van der Waals surface area contributed by atoms with Crippen LogP contribution in [0.5, 0.6) is 0 Å². The molecule has 1 amide bonds. The second kappa shape index (κ2) is 8.00. The van der Waals surface area contributed by atoms with E-state index >= 15 is 0 Å². The fourth-order valence-corrected chi connectivity index (χ4v) is 3.95. The quantitative estimate of drug-likeness (QED) is 0.649. The van der Waals surface area contributed by atoms with Gasteiger partial charge in [0.05, 0.1) is 11.4 Å². The minimum atomic E-state index is -0.340. The highest BCUT2D eigenvalue weighted by Gasteiger charge is 2.20. The molecule has 0 unspecified atom stereocenters. The molecule has 0 aliphatic rings. The van der Waals surface area contributed by atoms with Crippen molar-refractivity contribution in [2.45, 2.75) is 47.0 Å². The van der Waals surface area contributed by atoms with Crippen LogP contribution in [0.1, 0.15) is 52.1 Å². The van der Waals surface area contributed by atoms with Crippen LogP contribution < -0.4 is 5.32 Å². The number of nitrogens with zero attached hydrogens (tertiary/aromatic N) is 3. The van der Waals surface area contributed by atoms with Gasteiger partial charge in [-0.05, 0) is 63.4 Å². The van der Waals surface area contributed by atoms with Gasteiger partial charge in [-0.1, -0.05) is 24.7 Å². The van der Waals surface area contributed by atoms with E-state index < -0.39 is 0 Å². The number of carbonyl (C=O) groups excluding carboxylic acids is 1. The van der Waals surface area contributed by atoms with Crippen LogP contribution in [0.3, 0.4) is 0 Å². The Bertz CT molecular complexity index is 959. The molecule has 0 radical (unpaired) electrons. The monoisotopic (exact) mass is 386 g/mol. The Morgan fingerprint density at radius 3 is 2.56 bits per heavy atom. The van der Waals surface area contributed by atoms with Crippen LogP contribution in [0, 0.1) is 26.6 Å². The summed E-state index contributed by atoms with van der Waals surface area (Å²) in [6.45, 7) is 8.03. The van der Waals surface area contributed by atoms with Crippen LogP contribution in [-0.4, -0.2) is 20.7 Å². The SMILES string of the molecule is CCCCc1c(C)nn(-c2nc(C)c(C(=O)Nc3ccc(F)cc3)s2)c1C. The Morgan fingerprint density at radius 2 is 1.89 bits per heavy atom. The Hall–Kier alpha value is -2.54. The molecule has 7 heteroatoms. The minimum Gasteiger partial charge on any atom is -0.321 e. The van der Waals surface area contributed by atoms with Gasteiger partial charge in [0.2, 0.25) is 5.13 Å². The van der Waals surface area contributed by atoms with Crippen molar-refractivity contribution in [2.75, 3.05) is 5.32 Å². The van der Waals surface area contributed by atoms with Gasteiger partial charge in [0.25, 0.3) is 5.91 Å². The largest absolute Gasteiger partial charge is 0.321 e. The summed E-state index contributed by atoms with van der Waals surface area (Å²) in [5, 5.41) is 8.10. The van der Waals surface area contributed by atoms with Gasteiger partial charge < -0.3 is 5.32 Å². The third-order valence-electron chi connectivity index (χ3n) is 4.50. The molecule has 0 bridgehead atoms. The van der Waals surface area contributed by atoms with Crippen LogP contribution in [-0.2, 0) is 6.42 Å². The lowest BCUT2D eigenvalue weighted by Gasteiger charge is -2.03. The van der Waals surface area contributed by atoms with Crippen LogP contribution in [0.2, 0.25) is 0 Å². The maximum atomic E-state index is 13.0. The van der Waals surface area contributed by atoms with Gasteiger partial charge >= 0.3 is 0 Å². The molecule has 2 aromatic heterocycles. The predicted octanol–water partition coefficient (Wildman–Crippen LogP) is 4.99. The van der Waals surface area contributed by atoms with E-state index in [1.807, 2.05) is 25.5 Å². The molecule has 27 heavy (non-hydrogen) atoms. The summed E-state index contributed by atoms with van der Waals surface area (Å²) in [6, 6.07) is 5.69. The average molecular weight is 386 g/mol. The first-order valence-electron chi connectivity index (χ1n) is 9.00. The number of hydrogen-bond acceptors (Lipinski definition) is 4. The molecule has 3 aromatic rings. The molecular weight excluding hydrogens is 363 g/mol. The Kier molecular flexibility index (Phi) is 5.70. The highest BCUT2D eigenvalue weighted by atomic mass is 32.1. The van der Waals surface area contributed by atoms with Crippen molar-refractivity contribution >= 4 is 22.9 Å². The zero-order valence-electron chi connectivity index (χ0n) is 16.0. The second-order valence-electron chi connectivity index (χ2n) is 6.54. The third-order valence-corrected chi connectivity index (χ3v) is 5.63. The number of anilines is 1. The molecule has 2 heterocycles. The van der Waals surface area contributed by atoms with E-state index in [4.69, 9.17) is 0 Å². The summed E-state index contributed by atoms with van der Waals surface area (Å²) in [5.74, 6) is -0.594. The molecule has 0 atom stereocenters. The number of amides is 1. The summed E-state index contributed by atoms with van der Waals surface area (Å²) in [5.41, 5.74) is 4.52. The summed E-state index contributed by atoms with van der Waals surface area (Å²) in [7, 11) is 0. The van der Waals surface area contributed by atoms with Crippen LogP contribution >= 0.6 is 11.3 Å². The van der Waals surface area contributed by atoms with Gasteiger partial charge in [-0.3, -0.25) is 4.79 Å². The number of carbonyl (C=O) groups is 1. The molecule has 0 fully saturated rings. The number of unbranched alkanes of at least 4 members (excludes halogenated alkanes) is 1. The first-order valence-corrected chi connectivity index (χ1v) is 9.82. The van der Waals surface area contributed by atoms with Crippen LogP contribution in [0.25, 0.3) is 5.13 Å². The number of thiazole rings is 1. The fourth-order valence-electron chi connectivity index (χ4n) is 2.98. The number of hydrogen-bond donors (Lipinski definition) is 1. The van der Waals surface area contributed by atoms with Gasteiger partial charge in [-0.15, -0.1) is 0 Å². The minimum absolute atomic E-state index is 0.254. The summed E-state index contributed by atoms with van der Waals surface area (Å²) < 4.78 is 14.8.